The fraction of sp³-hybridized carbons (Fsp3) is 0.273. The zero-order valence-electron chi connectivity index (χ0n) is 121. The van der Waals surface area contributed by atoms with E-state index in [-0.39, 0.29) is 266 Å². The van der Waals surface area contributed by atoms with E-state index in [1.54, 1.807) is 0 Å². The predicted octanol–water partition coefficient (Wildman–Crippen LogP) is 10.2. The number of guanidine groups is 9. The minimum Gasteiger partial charge on any atom is -0.370 e. The van der Waals surface area contributed by atoms with E-state index in [9.17, 15) is 0 Å². The van der Waals surface area contributed by atoms with Gasteiger partial charge in [-0.05, 0) is 170 Å². The van der Waals surface area contributed by atoms with Crippen molar-refractivity contribution >= 4 is 106 Å². The molecule has 36 N–H and O–H groups in total. The molecule has 135 heavy (non-hydrogen) atoms. The van der Waals surface area contributed by atoms with E-state index in [1.165, 1.54) is 208 Å². The highest BCUT2D eigenvalue weighted by Crippen LogP contribution is 2.07. The summed E-state index contributed by atoms with van der Waals surface area (Å²) in [7, 11) is 0. The van der Waals surface area contributed by atoms with Gasteiger partial charge in [0.25, 0.3) is 0 Å². The van der Waals surface area contributed by atoms with Crippen molar-refractivity contribution in [3.8, 4) is 0 Å². The van der Waals surface area contributed by atoms with Gasteiger partial charge >= 0.3 is 0 Å². The van der Waals surface area contributed by atoms with E-state index in [2.05, 4.69) is 92.8 Å². The van der Waals surface area contributed by atoms with Crippen LogP contribution in [0, 0.1) is 48.7 Å². The van der Waals surface area contributed by atoms with Crippen LogP contribution in [0.3, 0.4) is 0 Å². The standard InChI is InChI=1S/9C11H16N4/c9*1-9(12)15-11(13)14-8-7-10-5-3-2-4-6-10/h9*2-6H,7-8H2,1H3,(H4,12,13,14,15)/i5D,6D,7D2,8D;3D,6D,7D2,8D;3D,6D,7D,8D2;3D,5D,7D2,8D2;3D,5D,7D2,8D;3D,4D,7D2,8D2;3D,4D,7D,8D2;3D,4D,5D,7D2;3D,5D,7D2. The van der Waals surface area contributed by atoms with Crippen LogP contribution >= 0.6 is 0 Å². The molecule has 0 heterocycles. The average Bonchev–Trinajstić information content (AvgIpc) is 0.766. The maximum absolute atomic E-state index is 7.93. The van der Waals surface area contributed by atoms with Crippen molar-refractivity contribution in [1.29, 1.82) is 48.7 Å². The number of aliphatic imine (C=N–C) groups is 9. The summed E-state index contributed by atoms with van der Waals surface area (Å²) < 4.78 is 356. The molecule has 9 aromatic rings. The van der Waals surface area contributed by atoms with Crippen LogP contribution in [0.25, 0.3) is 0 Å². The first-order valence-electron chi connectivity index (χ1n) is 62.1. The number of rotatable bonds is 27. The summed E-state index contributed by atoms with van der Waals surface area (Å²) in [5, 5.41) is 85.7. The van der Waals surface area contributed by atoms with Crippen molar-refractivity contribution in [3.05, 3.63) is 323 Å². The SMILES string of the molecule is [2H]c1cc([2H])c([2H])c(C([2H])([2H])CN=C(N)NC(C)=N)c1.[2H]c1cc([2H])cc(C([2H])([2H])C([2H])([2H])N=C(N)NC(C)=N)c1.[2H]c1cc([2H])cc(C([2H])C([2H])([2H])N=C(N)NC(C)=N)c1.[2H]c1ccc([2H])c(C([2H])([2H])C([2H])N=C(N)NC(C)=N)c1.[2H]c1ccc([2H])c(C([2H])C([2H])([2H])N=C(N)NC(C)=N)c1.[2H]c1cccc(C([2H])([2H])C([2H])([2H])N=C(N)NC(C)=N)c1[2H].[2H]c1cccc(C([2H])([2H])C([2H])N=C(N)NC(C)=N)c1[2H].[2H]c1cccc(C([2H])([2H])CN=C(N)NC(C)=N)c1[2H].[2H]c1cccc([2H])c1C([2H])([2H])C([2H])N=C(N)NC(C)=N. The van der Waals surface area contributed by atoms with Gasteiger partial charge in [0.2, 0.25) is 0 Å². The lowest BCUT2D eigenvalue weighted by Crippen LogP contribution is -2.35. The second-order valence-corrected chi connectivity index (χ2v) is 24.8. The highest BCUT2D eigenvalue weighted by atomic mass is 15.2. The first kappa shape index (κ1) is 60.4. The van der Waals surface area contributed by atoms with E-state index in [0.29, 0.717) is 0 Å². The second kappa shape index (κ2) is 75.3. The first-order chi connectivity index (χ1) is 82.5. The van der Waals surface area contributed by atoms with Gasteiger partial charge in [-0.15, -0.1) is 0 Å². The van der Waals surface area contributed by atoms with Gasteiger partial charge in [-0.25, -0.2) is 0 Å². The Morgan fingerprint density at radius 3 is 0.800 bits per heavy atom. The van der Waals surface area contributed by atoms with Crippen molar-refractivity contribution in [2.45, 2.75) is 120 Å². The van der Waals surface area contributed by atoms with Crippen molar-refractivity contribution in [3.63, 3.8) is 0 Å². The van der Waals surface area contributed by atoms with Crippen LogP contribution in [-0.4, -0.2) is 165 Å². The van der Waals surface area contributed by atoms with Gasteiger partial charge in [-0.2, -0.15) is 0 Å². The molecule has 0 aliphatic heterocycles. The molecule has 9 rings (SSSR count). The predicted molar refractivity (Wildman–Crippen MR) is 569 cm³/mol. The highest BCUT2D eigenvalue weighted by molar-refractivity contribution is 6.00. The van der Waals surface area contributed by atoms with Gasteiger partial charge in [-0.1, -0.05) is 273 Å². The first-order valence-corrected chi connectivity index (χ1v) is 38.7. The maximum Gasteiger partial charge on any atom is 0.194 e. The lowest BCUT2D eigenvalue weighted by molar-refractivity contribution is 0.955. The maximum atomic E-state index is 7.93. The Labute approximate surface area is 861 Å². The van der Waals surface area contributed by atoms with Crippen molar-refractivity contribution in [1.82, 2.24) is 47.9 Å². The summed E-state index contributed by atoms with van der Waals surface area (Å²) in [6, 6.07) is 32.2. The Bertz CT molecular complexity index is 7660. The van der Waals surface area contributed by atoms with Crippen molar-refractivity contribution in [2.24, 2.45) is 96.5 Å². The zero-order chi connectivity index (χ0) is 140. The molecule has 0 bridgehead atoms. The Morgan fingerprint density at radius 1 is 0.215 bits per heavy atom. The number of nitrogens with one attached hydrogen (secondary N) is 18. The summed E-state index contributed by atoms with van der Waals surface area (Å²) in [6.07, 6.45) is -19.0. The third kappa shape index (κ3) is 74.0. The molecule has 0 aromatic heterocycles. The molecule has 0 fully saturated rings. The zero-order valence-corrected chi connectivity index (χ0v) is 75.0. The number of nitrogens with two attached hydrogens (primary N) is 9. The Balaban J connectivity index is 0.00000102. The molecule has 0 radical (unpaired) electrons. The van der Waals surface area contributed by atoms with Gasteiger partial charge in [0.1, 0.15) is 0 Å². The molecule has 9 aromatic carbocycles. The van der Waals surface area contributed by atoms with Crippen LogP contribution in [0.4, 0.5) is 0 Å². The van der Waals surface area contributed by atoms with E-state index >= 15 is 0 Å². The van der Waals surface area contributed by atoms with Crippen molar-refractivity contribution < 1.29 is 63.1 Å². The largest absolute Gasteiger partial charge is 0.370 e. The molecular weight excluding hydrogens is 1690 g/mol. The van der Waals surface area contributed by atoms with Crippen molar-refractivity contribution in [2.75, 3.05) is 58.6 Å². The van der Waals surface area contributed by atoms with Crippen LogP contribution in [0.5, 0.6) is 0 Å². The van der Waals surface area contributed by atoms with Gasteiger partial charge in [0.05, 0.1) is 93.6 Å². The van der Waals surface area contributed by atoms with Crippen LogP contribution in [0.2, 0.25) is 0 Å². The van der Waals surface area contributed by atoms with Gasteiger partial charge in [-0.3, -0.25) is 93.6 Å². The lowest BCUT2D eigenvalue weighted by Gasteiger charge is -2.02. The van der Waals surface area contributed by atoms with Crippen LogP contribution < -0.4 is 99.5 Å². The summed E-state index contributed by atoms with van der Waals surface area (Å²) in [5.41, 5.74) is 48.4. The summed E-state index contributed by atoms with van der Waals surface area (Å²) >= 11 is 0. The molecule has 720 valence electrons. The molecule has 0 saturated carbocycles. The number of benzene rings is 9. The smallest absolute Gasteiger partial charge is 0.194 e. The Hall–Kier alpha value is -16.6. The number of amidine groups is 9. The van der Waals surface area contributed by atoms with E-state index < -0.39 is 121 Å². The van der Waals surface area contributed by atoms with Gasteiger partial charge in [0, 0.05) is 80.6 Å². The van der Waals surface area contributed by atoms with Crippen LogP contribution in [0.15, 0.2) is 317 Å². The molecule has 0 aliphatic carbocycles. The molecule has 36 nitrogen and oxygen atoms in total. The van der Waals surface area contributed by atoms with Gasteiger partial charge in [0.15, 0.2) is 53.6 Å². The summed E-state index contributed by atoms with van der Waals surface area (Å²) in [6.45, 7) is -2.91. The number of hydrogen-bond donors (Lipinski definition) is 27. The number of nitrogens with zero attached hydrogens (tertiary/aromatic N) is 9. The molecule has 36 heteroatoms. The molecule has 0 spiro atoms. The fourth-order valence-electron chi connectivity index (χ4n) is 7.52. The Morgan fingerprint density at radius 2 is 0.437 bits per heavy atom. The highest BCUT2D eigenvalue weighted by Gasteiger charge is 2.03. The molecular formula is C99H144N36. The fourth-order valence-corrected chi connectivity index (χ4v) is 7.52. The molecule has 0 saturated heterocycles. The third-order valence-corrected chi connectivity index (χ3v) is 12.5. The topological polar surface area (TPSA) is 668 Å². The van der Waals surface area contributed by atoms with E-state index in [4.69, 9.17) is 163 Å². The van der Waals surface area contributed by atoms with Crippen LogP contribution in [-0.2, 0) is 57.4 Å². The van der Waals surface area contributed by atoms with Crippen LogP contribution in [0.1, 0.15) is 175 Å². The molecule has 0 amide bonds. The minimum absolute atomic E-state index is 0.00193. The lowest BCUT2D eigenvalue weighted by atomic mass is 10.2. The molecule has 5 unspecified atom stereocenters. The second-order valence-electron chi connectivity index (χ2n) is 24.8. The normalized spacial score (nSPS) is 18.4. The van der Waals surface area contributed by atoms with Gasteiger partial charge < -0.3 is 99.5 Å². The Kier molecular flexibility index (Phi) is 33.7. The number of hydrogen-bond acceptors (Lipinski definition) is 18. The molecule has 0 aliphatic rings. The van der Waals surface area contributed by atoms with E-state index in [1.807, 2.05) is 0 Å². The minimum atomic E-state index is -2.77. The third-order valence-electron chi connectivity index (χ3n) is 12.5. The number of aryl methyl sites for hydroxylation is 6. The monoisotopic (exact) mass is 1880 g/mol. The summed E-state index contributed by atoms with van der Waals surface area (Å²) in [4.78, 5) is 32.4. The quantitative estimate of drug-likeness (QED) is 0.0168. The molecule has 5 atom stereocenters. The van der Waals surface area contributed by atoms with E-state index in [0.717, 1.165) is 12.1 Å². The summed E-state index contributed by atoms with van der Waals surface area (Å²) in [5.74, 6) is -2.24. The average molecular weight is 1880 g/mol.